The average Bonchev–Trinajstić information content (AvgIpc) is 3.15. The number of hydrogen-bond donors (Lipinski definition) is 0. The van der Waals surface area contributed by atoms with E-state index in [0.29, 0.717) is 44.1 Å². The number of carbonyl (C=O) groups is 5. The van der Waals surface area contributed by atoms with Crippen molar-refractivity contribution < 1.29 is 42.6 Å². The molecule has 0 N–H and O–H groups in total. The van der Waals surface area contributed by atoms with Gasteiger partial charge in [-0.1, -0.05) is 46.3 Å². The number of Topliss-reactive ketones (excluding diaryl/α,β-unsaturated/α-hetero) is 1. The Labute approximate surface area is 254 Å². The molecule has 0 saturated heterocycles. The molecule has 0 heterocycles. The van der Waals surface area contributed by atoms with Gasteiger partial charge in [-0.25, -0.2) is 4.39 Å². The fraction of sp³-hybridized carbons (Fsp3) is 0.735. The molecule has 0 bridgehead atoms. The molecule has 3 fully saturated rings. The number of fused-ring (bicyclic) bond motifs is 5. The van der Waals surface area contributed by atoms with Crippen LogP contribution in [0, 0.1) is 28.6 Å². The summed E-state index contributed by atoms with van der Waals surface area (Å²) in [6.07, 6.45) is 6.34. The second-order valence-corrected chi connectivity index (χ2v) is 13.4. The molecule has 43 heavy (non-hydrogen) atoms. The normalized spacial score (nSPS) is 37.8. The van der Waals surface area contributed by atoms with Gasteiger partial charge in [-0.15, -0.1) is 0 Å². The van der Waals surface area contributed by atoms with Crippen LogP contribution in [0.2, 0.25) is 0 Å². The third kappa shape index (κ3) is 5.18. The van der Waals surface area contributed by atoms with Crippen LogP contribution in [0.1, 0.15) is 106 Å². The number of ether oxygens (including phenoxy) is 3. The van der Waals surface area contributed by atoms with E-state index in [9.17, 15) is 24.0 Å². The van der Waals surface area contributed by atoms with Crippen molar-refractivity contribution in [2.24, 2.45) is 28.6 Å². The van der Waals surface area contributed by atoms with Gasteiger partial charge in [0.15, 0.2) is 23.7 Å². The molecule has 0 amide bonds. The third-order valence-corrected chi connectivity index (χ3v) is 10.8. The summed E-state index contributed by atoms with van der Waals surface area (Å²) < 4.78 is 35.9. The Bertz CT molecular complexity index is 1220. The van der Waals surface area contributed by atoms with Gasteiger partial charge in [-0.3, -0.25) is 24.0 Å². The smallest absolute Gasteiger partial charge is 0.306 e. The van der Waals surface area contributed by atoms with E-state index in [1.807, 2.05) is 34.6 Å². The van der Waals surface area contributed by atoms with Crippen molar-refractivity contribution in [3.63, 3.8) is 0 Å². The van der Waals surface area contributed by atoms with Gasteiger partial charge in [0.2, 0.25) is 5.78 Å². The minimum absolute atomic E-state index is 0.0663. The minimum Gasteiger partial charge on any atom is -0.459 e. The maximum absolute atomic E-state index is 18.3. The van der Waals surface area contributed by atoms with E-state index in [2.05, 4.69) is 0 Å². The Morgan fingerprint density at radius 1 is 0.953 bits per heavy atom. The van der Waals surface area contributed by atoms with Crippen molar-refractivity contribution in [3.05, 3.63) is 23.8 Å². The summed E-state index contributed by atoms with van der Waals surface area (Å²) in [5.74, 6) is -3.92. The number of carbonyl (C=O) groups excluding carboxylic acids is 5. The van der Waals surface area contributed by atoms with Crippen molar-refractivity contribution in [2.75, 3.05) is 6.61 Å². The van der Waals surface area contributed by atoms with Crippen LogP contribution >= 0.6 is 0 Å². The Morgan fingerprint density at radius 2 is 1.58 bits per heavy atom. The summed E-state index contributed by atoms with van der Waals surface area (Å²) in [5.41, 5.74) is -5.42. The summed E-state index contributed by atoms with van der Waals surface area (Å²) in [6, 6.07) is 0. The molecule has 0 spiro atoms. The highest BCUT2D eigenvalue weighted by atomic mass is 19.1. The van der Waals surface area contributed by atoms with Crippen LogP contribution in [-0.4, -0.2) is 53.5 Å². The predicted octanol–water partition coefficient (Wildman–Crippen LogP) is 5.95. The molecule has 4 rings (SSSR count). The highest BCUT2D eigenvalue weighted by Crippen LogP contribution is 2.72. The zero-order valence-corrected chi connectivity index (χ0v) is 26.5. The fourth-order valence-corrected chi connectivity index (χ4v) is 8.88. The lowest BCUT2D eigenvalue weighted by Gasteiger charge is -2.63. The van der Waals surface area contributed by atoms with E-state index in [4.69, 9.17) is 14.2 Å². The zero-order chi connectivity index (χ0) is 31.8. The number of allylic oxidation sites excluding steroid dienone is 4. The number of hydrogen-bond acceptors (Lipinski definition) is 8. The summed E-state index contributed by atoms with van der Waals surface area (Å²) in [7, 11) is 0. The monoisotopic (exact) mass is 602 g/mol. The molecule has 238 valence electrons. The maximum atomic E-state index is 18.3. The second kappa shape index (κ2) is 12.3. The standard InChI is InChI=1S/C34H47FO8/c1-7-10-28(38)41-20-26(37)34(43-30(40)12-9-3)21(4)17-25-24-14-13-22-18-23(36)15-16-31(22,5)33(24,35)27(19-32(25,34)6)42-29(39)11-8-2/h15-16,18,21,24-25,27H,7-14,17,19-20H2,1-6H3/t21-,24+,25+,27+,31+,32+,33+,34+/m1/s1. The van der Waals surface area contributed by atoms with Crippen molar-refractivity contribution in [1.29, 1.82) is 0 Å². The highest BCUT2D eigenvalue weighted by molar-refractivity contribution is 6.01. The first-order valence-electron chi connectivity index (χ1n) is 16.0. The SMILES string of the molecule is CCCC(=O)OCC(=O)[C@@]1(OC(=O)CCC)[C@H](C)C[C@H]2[C@@H]3CCC4=CC(=O)C=C[C@]4(C)[C@@]3(F)[C@@H](OC(=O)CCC)C[C@@]21C. The molecule has 8 nitrogen and oxygen atoms in total. The lowest BCUT2D eigenvalue weighted by atomic mass is 9.44. The summed E-state index contributed by atoms with van der Waals surface area (Å²) in [4.78, 5) is 65.1. The van der Waals surface area contributed by atoms with Gasteiger partial charge in [-0.05, 0) is 69.9 Å². The van der Waals surface area contributed by atoms with Crippen molar-refractivity contribution in [3.8, 4) is 0 Å². The minimum atomic E-state index is -2.07. The van der Waals surface area contributed by atoms with E-state index in [-0.39, 0.29) is 31.5 Å². The first-order valence-corrected chi connectivity index (χ1v) is 16.0. The topological polar surface area (TPSA) is 113 Å². The van der Waals surface area contributed by atoms with E-state index in [0.717, 1.165) is 0 Å². The quantitative estimate of drug-likeness (QED) is 0.211. The molecular formula is C34H47FO8. The Kier molecular flexibility index (Phi) is 9.44. The lowest BCUT2D eigenvalue weighted by Crippen LogP contribution is -2.70. The van der Waals surface area contributed by atoms with E-state index in [1.54, 1.807) is 13.0 Å². The Balaban J connectivity index is 1.86. The van der Waals surface area contributed by atoms with Crippen LogP contribution in [0.4, 0.5) is 4.39 Å². The molecule has 8 atom stereocenters. The first kappa shape index (κ1) is 33.1. The van der Waals surface area contributed by atoms with E-state index < -0.39 is 76.3 Å². The number of halogens is 1. The second-order valence-electron chi connectivity index (χ2n) is 13.4. The van der Waals surface area contributed by atoms with Crippen LogP contribution < -0.4 is 0 Å². The van der Waals surface area contributed by atoms with Gasteiger partial charge in [0.1, 0.15) is 6.10 Å². The van der Waals surface area contributed by atoms with Crippen molar-refractivity contribution in [2.45, 2.75) is 123 Å². The highest BCUT2D eigenvalue weighted by Gasteiger charge is 2.78. The van der Waals surface area contributed by atoms with Crippen LogP contribution in [0.5, 0.6) is 0 Å². The molecule has 0 aromatic carbocycles. The predicted molar refractivity (Wildman–Crippen MR) is 156 cm³/mol. The van der Waals surface area contributed by atoms with E-state index in [1.165, 1.54) is 12.2 Å². The lowest BCUT2D eigenvalue weighted by molar-refractivity contribution is -0.236. The summed E-state index contributed by atoms with van der Waals surface area (Å²) in [5, 5.41) is 0. The van der Waals surface area contributed by atoms with Gasteiger partial charge in [0.25, 0.3) is 0 Å². The molecule has 3 saturated carbocycles. The van der Waals surface area contributed by atoms with Gasteiger partial charge in [-0.2, -0.15) is 0 Å². The molecule has 0 radical (unpaired) electrons. The van der Waals surface area contributed by atoms with Gasteiger partial charge >= 0.3 is 17.9 Å². The van der Waals surface area contributed by atoms with Crippen LogP contribution in [0.15, 0.2) is 23.8 Å². The number of esters is 3. The maximum Gasteiger partial charge on any atom is 0.306 e. The van der Waals surface area contributed by atoms with Crippen molar-refractivity contribution >= 4 is 29.5 Å². The Hall–Kier alpha value is -2.84. The molecule has 0 aromatic rings. The van der Waals surface area contributed by atoms with Gasteiger partial charge in [0.05, 0.1) is 0 Å². The average molecular weight is 603 g/mol. The summed E-state index contributed by atoms with van der Waals surface area (Å²) in [6.45, 7) is 10.4. The third-order valence-electron chi connectivity index (χ3n) is 10.8. The largest absolute Gasteiger partial charge is 0.459 e. The van der Waals surface area contributed by atoms with Crippen LogP contribution in [0.3, 0.4) is 0 Å². The molecule has 4 aliphatic rings. The van der Waals surface area contributed by atoms with Crippen LogP contribution in [0.25, 0.3) is 0 Å². The van der Waals surface area contributed by atoms with Gasteiger partial charge in [0, 0.05) is 41.9 Å². The van der Waals surface area contributed by atoms with Crippen LogP contribution in [-0.2, 0) is 38.2 Å². The molecular weight excluding hydrogens is 555 g/mol. The molecule has 0 aliphatic heterocycles. The molecule has 0 aromatic heterocycles. The van der Waals surface area contributed by atoms with Gasteiger partial charge < -0.3 is 14.2 Å². The number of alkyl halides is 1. The zero-order valence-electron chi connectivity index (χ0n) is 26.5. The summed E-state index contributed by atoms with van der Waals surface area (Å²) >= 11 is 0. The molecule has 9 heteroatoms. The van der Waals surface area contributed by atoms with Crippen molar-refractivity contribution in [1.82, 2.24) is 0 Å². The fourth-order valence-electron chi connectivity index (χ4n) is 8.88. The number of ketones is 2. The first-order chi connectivity index (χ1) is 20.2. The molecule has 0 unspecified atom stereocenters. The molecule has 4 aliphatic carbocycles. The number of rotatable bonds is 11. The Morgan fingerprint density at radius 3 is 2.23 bits per heavy atom. The van der Waals surface area contributed by atoms with E-state index >= 15 is 4.39 Å².